The fourth-order valence-electron chi connectivity index (χ4n) is 3.45. The molecule has 0 spiro atoms. The molecule has 0 unspecified atom stereocenters. The second-order valence-corrected chi connectivity index (χ2v) is 9.65. The van der Waals surface area contributed by atoms with E-state index in [1.54, 1.807) is 42.3 Å². The summed E-state index contributed by atoms with van der Waals surface area (Å²) in [5, 5.41) is 0. The molecule has 0 aliphatic carbocycles. The van der Waals surface area contributed by atoms with Crippen molar-refractivity contribution in [2.24, 2.45) is 0 Å². The van der Waals surface area contributed by atoms with Crippen LogP contribution in [0.2, 0.25) is 0 Å². The van der Waals surface area contributed by atoms with E-state index < -0.39 is 38.4 Å². The van der Waals surface area contributed by atoms with Crippen molar-refractivity contribution in [2.75, 3.05) is 44.7 Å². The standard InChI is InChI=1S/C21H21F6N3O3S/c1-28(17-5-3-2-4-6-17)19(31)14-29-7-9-30(10-8-29)34(32,33)18-12-15(20(22,23)24)11-16(13-18)21(25,26)27/h2-6,11-13H,7-10,14H2,1H3. The van der Waals surface area contributed by atoms with Crippen molar-refractivity contribution in [2.45, 2.75) is 17.2 Å². The van der Waals surface area contributed by atoms with Gasteiger partial charge in [-0.2, -0.15) is 30.6 Å². The van der Waals surface area contributed by atoms with E-state index in [1.165, 1.54) is 4.90 Å². The van der Waals surface area contributed by atoms with Gasteiger partial charge in [0.05, 0.1) is 22.6 Å². The first-order valence-corrected chi connectivity index (χ1v) is 11.5. The average Bonchev–Trinajstić information content (AvgIpc) is 2.78. The van der Waals surface area contributed by atoms with Crippen molar-refractivity contribution in [3.05, 3.63) is 59.7 Å². The van der Waals surface area contributed by atoms with Crippen molar-refractivity contribution < 1.29 is 39.6 Å². The van der Waals surface area contributed by atoms with E-state index in [2.05, 4.69) is 0 Å². The molecule has 1 saturated heterocycles. The van der Waals surface area contributed by atoms with Gasteiger partial charge in [-0.15, -0.1) is 0 Å². The van der Waals surface area contributed by atoms with Crippen LogP contribution < -0.4 is 4.90 Å². The fraction of sp³-hybridized carbons (Fsp3) is 0.381. The summed E-state index contributed by atoms with van der Waals surface area (Å²) in [6, 6.07) is 9.10. The SMILES string of the molecule is CN(C(=O)CN1CCN(S(=O)(=O)c2cc(C(F)(F)F)cc(C(F)(F)F)c2)CC1)c1ccccc1. The first-order chi connectivity index (χ1) is 15.7. The van der Waals surface area contributed by atoms with Gasteiger partial charge >= 0.3 is 12.4 Å². The molecule has 1 amide bonds. The molecule has 0 atom stereocenters. The molecule has 0 saturated carbocycles. The molecule has 34 heavy (non-hydrogen) atoms. The number of anilines is 1. The van der Waals surface area contributed by atoms with Crippen LogP contribution >= 0.6 is 0 Å². The van der Waals surface area contributed by atoms with Crippen molar-refractivity contribution in [1.29, 1.82) is 0 Å². The van der Waals surface area contributed by atoms with E-state index in [1.807, 2.05) is 0 Å². The van der Waals surface area contributed by atoms with Crippen molar-refractivity contribution in [3.63, 3.8) is 0 Å². The van der Waals surface area contributed by atoms with Crippen LogP contribution in [0.4, 0.5) is 32.0 Å². The summed E-state index contributed by atoms with van der Waals surface area (Å²) in [5.74, 6) is -0.254. The van der Waals surface area contributed by atoms with Crippen molar-refractivity contribution >= 4 is 21.6 Å². The van der Waals surface area contributed by atoms with Gasteiger partial charge in [-0.25, -0.2) is 8.42 Å². The van der Waals surface area contributed by atoms with Crippen LogP contribution in [0.5, 0.6) is 0 Å². The number of amides is 1. The van der Waals surface area contributed by atoms with Crippen LogP contribution in [0.15, 0.2) is 53.4 Å². The molecular weight excluding hydrogens is 488 g/mol. The number of carbonyl (C=O) groups is 1. The highest BCUT2D eigenvalue weighted by Gasteiger charge is 2.39. The Hall–Kier alpha value is -2.64. The first kappa shape index (κ1) is 26.0. The second kappa shape index (κ2) is 9.55. The summed E-state index contributed by atoms with van der Waals surface area (Å²) in [6.45, 7) is -0.247. The maximum Gasteiger partial charge on any atom is 0.416 e. The summed E-state index contributed by atoms with van der Waals surface area (Å²) in [7, 11) is -3.04. The molecule has 1 aliphatic rings. The van der Waals surface area contributed by atoms with E-state index in [0.29, 0.717) is 5.69 Å². The topological polar surface area (TPSA) is 60.9 Å². The minimum atomic E-state index is -5.16. The molecule has 1 aliphatic heterocycles. The largest absolute Gasteiger partial charge is 0.416 e. The molecule has 186 valence electrons. The molecule has 2 aromatic carbocycles. The maximum atomic E-state index is 13.1. The molecule has 0 radical (unpaired) electrons. The zero-order chi connectivity index (χ0) is 25.3. The predicted octanol–water partition coefficient (Wildman–Crippen LogP) is 3.69. The highest BCUT2D eigenvalue weighted by Crippen LogP contribution is 2.37. The molecule has 1 heterocycles. The quantitative estimate of drug-likeness (QED) is 0.577. The van der Waals surface area contributed by atoms with E-state index >= 15 is 0 Å². The highest BCUT2D eigenvalue weighted by molar-refractivity contribution is 7.89. The van der Waals surface area contributed by atoms with Crippen LogP contribution in [-0.2, 0) is 27.2 Å². The van der Waals surface area contributed by atoms with Gasteiger partial charge in [0.1, 0.15) is 0 Å². The molecule has 0 bridgehead atoms. The highest BCUT2D eigenvalue weighted by atomic mass is 32.2. The zero-order valence-electron chi connectivity index (χ0n) is 17.9. The summed E-state index contributed by atoms with van der Waals surface area (Å²) in [4.78, 5) is 14.5. The summed E-state index contributed by atoms with van der Waals surface area (Å²) < 4.78 is 105. The third-order valence-corrected chi connectivity index (χ3v) is 7.28. The third kappa shape index (κ3) is 5.88. The third-order valence-electron chi connectivity index (χ3n) is 5.41. The molecule has 1 fully saturated rings. The normalized spacial score (nSPS) is 16.4. The van der Waals surface area contributed by atoms with Gasteiger partial charge in [0, 0.05) is 38.9 Å². The smallest absolute Gasteiger partial charge is 0.314 e. The molecule has 2 aromatic rings. The van der Waals surface area contributed by atoms with Crippen LogP contribution in [0.3, 0.4) is 0 Å². The van der Waals surface area contributed by atoms with Crippen LogP contribution in [-0.4, -0.2) is 63.3 Å². The van der Waals surface area contributed by atoms with Gasteiger partial charge in [0.25, 0.3) is 0 Å². The van der Waals surface area contributed by atoms with Gasteiger partial charge in [-0.1, -0.05) is 18.2 Å². The van der Waals surface area contributed by atoms with Gasteiger partial charge in [-0.05, 0) is 30.3 Å². The molecular formula is C21H21F6N3O3S. The van der Waals surface area contributed by atoms with Gasteiger partial charge in [0.2, 0.25) is 15.9 Å². The number of hydrogen-bond donors (Lipinski definition) is 0. The van der Waals surface area contributed by atoms with E-state index in [4.69, 9.17) is 0 Å². The first-order valence-electron chi connectivity index (χ1n) is 10.0. The molecule has 0 aromatic heterocycles. The number of rotatable bonds is 5. The molecule has 6 nitrogen and oxygen atoms in total. The number of nitrogens with zero attached hydrogens (tertiary/aromatic N) is 3. The lowest BCUT2D eigenvalue weighted by molar-refractivity contribution is -0.143. The lowest BCUT2D eigenvalue weighted by Crippen LogP contribution is -2.51. The Morgan fingerprint density at radius 1 is 0.882 bits per heavy atom. The number of sulfonamides is 1. The van der Waals surface area contributed by atoms with Crippen LogP contribution in [0.25, 0.3) is 0 Å². The van der Waals surface area contributed by atoms with E-state index in [0.717, 1.165) is 4.31 Å². The Bertz CT molecular complexity index is 1100. The minimum absolute atomic E-state index is 0.0267. The Morgan fingerprint density at radius 3 is 1.85 bits per heavy atom. The molecule has 0 N–H and O–H groups in total. The van der Waals surface area contributed by atoms with Gasteiger partial charge in [-0.3, -0.25) is 9.69 Å². The fourth-order valence-corrected chi connectivity index (χ4v) is 4.94. The number of carbonyl (C=O) groups excluding carboxylic acids is 1. The number of piperazine rings is 1. The average molecular weight is 509 g/mol. The van der Waals surface area contributed by atoms with Gasteiger partial charge in [0.15, 0.2) is 0 Å². The van der Waals surface area contributed by atoms with Crippen LogP contribution in [0.1, 0.15) is 11.1 Å². The number of likely N-dealkylation sites (N-methyl/N-ethyl adjacent to an activating group) is 1. The Balaban J connectivity index is 1.73. The zero-order valence-corrected chi connectivity index (χ0v) is 18.7. The Labute approximate surface area is 192 Å². The number of halogens is 6. The Kier molecular flexibility index (Phi) is 7.29. The summed E-state index contributed by atoms with van der Waals surface area (Å²) in [6.07, 6.45) is -10.3. The minimum Gasteiger partial charge on any atom is -0.314 e. The summed E-state index contributed by atoms with van der Waals surface area (Å²) >= 11 is 0. The van der Waals surface area contributed by atoms with Crippen LogP contribution in [0, 0.1) is 0 Å². The number of benzene rings is 2. The van der Waals surface area contributed by atoms with Gasteiger partial charge < -0.3 is 4.90 Å². The molecule has 3 rings (SSSR count). The number of para-hydroxylation sites is 1. The maximum absolute atomic E-state index is 13.1. The van der Waals surface area contributed by atoms with Crippen molar-refractivity contribution in [3.8, 4) is 0 Å². The molecule has 13 heteroatoms. The lowest BCUT2D eigenvalue weighted by Gasteiger charge is -2.34. The Morgan fingerprint density at radius 2 is 1.38 bits per heavy atom. The van der Waals surface area contributed by atoms with Crippen molar-refractivity contribution in [1.82, 2.24) is 9.21 Å². The number of hydrogen-bond acceptors (Lipinski definition) is 4. The second-order valence-electron chi connectivity index (χ2n) is 7.71. The summed E-state index contributed by atoms with van der Waals surface area (Å²) in [5.41, 5.74) is -2.73. The van der Waals surface area contributed by atoms with E-state index in [9.17, 15) is 39.6 Å². The predicted molar refractivity (Wildman–Crippen MR) is 111 cm³/mol. The van der Waals surface area contributed by atoms with E-state index in [-0.39, 0.29) is 56.8 Å². The monoisotopic (exact) mass is 509 g/mol. The lowest BCUT2D eigenvalue weighted by atomic mass is 10.1. The number of alkyl halides is 6.